The molecule has 0 saturated heterocycles. The number of benzene rings is 3. The molecule has 7 heteroatoms. The van der Waals surface area contributed by atoms with Crippen LogP contribution in [0.2, 0.25) is 5.02 Å². The quantitative estimate of drug-likeness (QED) is 0.651. The molecular weight excluding hydrogens is 418 g/mol. The van der Waals surface area contributed by atoms with Crippen LogP contribution in [0.4, 0.5) is 5.69 Å². The minimum absolute atomic E-state index is 0.231. The van der Waals surface area contributed by atoms with Crippen LogP contribution < -0.4 is 9.62 Å². The Hall–Kier alpha value is -2.85. The van der Waals surface area contributed by atoms with Crippen LogP contribution in [-0.2, 0) is 23.0 Å². The van der Waals surface area contributed by atoms with Crippen LogP contribution in [0.3, 0.4) is 0 Å². The summed E-state index contributed by atoms with van der Waals surface area (Å²) in [6.45, 7) is 1.06. The molecule has 0 bridgehead atoms. The van der Waals surface area contributed by atoms with Gasteiger partial charge in [0.25, 0.3) is 0 Å². The second-order valence-electron chi connectivity index (χ2n) is 7.28. The van der Waals surface area contributed by atoms with Gasteiger partial charge in [-0.15, -0.1) is 0 Å². The number of nitrogens with zero attached hydrogens (tertiary/aromatic N) is 2. The van der Waals surface area contributed by atoms with Crippen molar-refractivity contribution in [1.29, 1.82) is 5.26 Å². The van der Waals surface area contributed by atoms with Crippen molar-refractivity contribution in [1.82, 2.24) is 4.72 Å². The second-order valence-corrected chi connectivity index (χ2v) is 9.40. The maximum atomic E-state index is 12.9. The molecule has 1 atom stereocenters. The molecule has 0 saturated carbocycles. The summed E-state index contributed by atoms with van der Waals surface area (Å²) < 4.78 is 28.5. The van der Waals surface area contributed by atoms with Gasteiger partial charge in [0.2, 0.25) is 10.0 Å². The number of anilines is 1. The molecular formula is C23H20ClN3O2S. The van der Waals surface area contributed by atoms with Crippen LogP contribution in [-0.4, -0.2) is 21.0 Å². The summed E-state index contributed by atoms with van der Waals surface area (Å²) in [7, 11) is -3.66. The van der Waals surface area contributed by atoms with E-state index in [0.717, 1.165) is 16.8 Å². The zero-order chi connectivity index (χ0) is 21.1. The lowest BCUT2D eigenvalue weighted by Crippen LogP contribution is -2.48. The molecule has 1 aliphatic heterocycles. The van der Waals surface area contributed by atoms with Crippen molar-refractivity contribution in [2.75, 3.05) is 11.4 Å². The smallest absolute Gasteiger partial charge is 0.240 e. The van der Waals surface area contributed by atoms with Gasteiger partial charge in [-0.25, -0.2) is 13.1 Å². The van der Waals surface area contributed by atoms with Crippen LogP contribution in [0.5, 0.6) is 0 Å². The van der Waals surface area contributed by atoms with Crippen molar-refractivity contribution in [2.45, 2.75) is 23.9 Å². The van der Waals surface area contributed by atoms with Crippen LogP contribution in [0.25, 0.3) is 0 Å². The molecule has 4 rings (SSSR count). The van der Waals surface area contributed by atoms with Crippen LogP contribution in [0, 0.1) is 11.3 Å². The van der Waals surface area contributed by atoms with Crippen molar-refractivity contribution in [3.63, 3.8) is 0 Å². The molecule has 0 amide bonds. The van der Waals surface area contributed by atoms with E-state index in [4.69, 9.17) is 11.6 Å². The number of nitriles is 1. The summed E-state index contributed by atoms with van der Waals surface area (Å²) in [5, 5.41) is 9.84. The van der Waals surface area contributed by atoms with Gasteiger partial charge in [0.1, 0.15) is 0 Å². The zero-order valence-electron chi connectivity index (χ0n) is 16.1. The highest BCUT2D eigenvalue weighted by molar-refractivity contribution is 7.89. The summed E-state index contributed by atoms with van der Waals surface area (Å²) in [4.78, 5) is 2.31. The summed E-state index contributed by atoms with van der Waals surface area (Å²) in [6, 6.07) is 23.5. The third kappa shape index (κ3) is 4.34. The molecule has 1 unspecified atom stereocenters. The fourth-order valence-electron chi connectivity index (χ4n) is 3.83. The summed E-state index contributed by atoms with van der Waals surface area (Å²) in [5.41, 5.74) is 3.28. The first-order chi connectivity index (χ1) is 14.5. The number of fused-ring (bicyclic) bond motifs is 1. The standard InChI is InChI=1S/C23H20ClN3O2S/c24-22-12-18(14-25)11-19-13-20(26-30(28,29)21-9-5-2-6-10-21)16-27(23(19)22)15-17-7-3-1-4-8-17/h1-12,20,26H,13,15-16H2. The number of sulfonamides is 1. The molecule has 152 valence electrons. The van der Waals surface area contributed by atoms with Crippen molar-refractivity contribution >= 4 is 27.3 Å². The van der Waals surface area contributed by atoms with E-state index in [0.29, 0.717) is 30.1 Å². The monoisotopic (exact) mass is 437 g/mol. The molecule has 0 aromatic heterocycles. The van der Waals surface area contributed by atoms with Gasteiger partial charge < -0.3 is 4.90 Å². The molecule has 0 fully saturated rings. The van der Waals surface area contributed by atoms with Gasteiger partial charge in [-0.2, -0.15) is 5.26 Å². The van der Waals surface area contributed by atoms with E-state index < -0.39 is 10.0 Å². The van der Waals surface area contributed by atoms with Crippen LogP contribution in [0.15, 0.2) is 77.7 Å². The Bertz CT molecular complexity index is 1190. The fraction of sp³-hybridized carbons (Fsp3) is 0.174. The molecule has 3 aromatic rings. The predicted octanol–water partition coefficient (Wildman–Crippen LogP) is 4.12. The lowest BCUT2D eigenvalue weighted by molar-refractivity contribution is 0.524. The van der Waals surface area contributed by atoms with Gasteiger partial charge in [0, 0.05) is 19.1 Å². The molecule has 3 aromatic carbocycles. The SMILES string of the molecule is N#Cc1cc(Cl)c2c(c1)CC(NS(=O)(=O)c1ccccc1)CN2Cc1ccccc1. The van der Waals surface area contributed by atoms with Crippen molar-refractivity contribution in [2.24, 2.45) is 0 Å². The molecule has 0 aliphatic carbocycles. The highest BCUT2D eigenvalue weighted by atomic mass is 35.5. The van der Waals surface area contributed by atoms with E-state index in [1.807, 2.05) is 30.3 Å². The third-order valence-electron chi connectivity index (χ3n) is 5.09. The minimum Gasteiger partial charge on any atom is -0.364 e. The third-order valence-corrected chi connectivity index (χ3v) is 6.91. The largest absolute Gasteiger partial charge is 0.364 e. The lowest BCUT2D eigenvalue weighted by atomic mass is 9.96. The van der Waals surface area contributed by atoms with Crippen LogP contribution in [0.1, 0.15) is 16.7 Å². The first-order valence-electron chi connectivity index (χ1n) is 9.55. The molecule has 1 heterocycles. The predicted molar refractivity (Wildman–Crippen MR) is 118 cm³/mol. The number of hydrogen-bond acceptors (Lipinski definition) is 4. The van der Waals surface area contributed by atoms with Gasteiger partial charge in [-0.1, -0.05) is 60.1 Å². The Morgan fingerprint density at radius 2 is 1.73 bits per heavy atom. The highest BCUT2D eigenvalue weighted by Gasteiger charge is 2.30. The summed E-state index contributed by atoms with van der Waals surface area (Å²) in [6.07, 6.45) is 0.460. The number of halogens is 1. The molecule has 0 spiro atoms. The Labute approximate surface area is 181 Å². The normalized spacial score (nSPS) is 16.0. The molecule has 1 aliphatic rings. The summed E-state index contributed by atoms with van der Waals surface area (Å²) >= 11 is 6.53. The Kier molecular flexibility index (Phi) is 5.78. The van der Waals surface area contributed by atoms with Gasteiger partial charge >= 0.3 is 0 Å². The van der Waals surface area contributed by atoms with E-state index in [-0.39, 0.29) is 10.9 Å². The Morgan fingerprint density at radius 3 is 2.40 bits per heavy atom. The Balaban J connectivity index is 1.68. The second kappa shape index (κ2) is 8.49. The van der Waals surface area contributed by atoms with Gasteiger partial charge in [-0.3, -0.25) is 0 Å². The van der Waals surface area contributed by atoms with E-state index in [9.17, 15) is 13.7 Å². The highest BCUT2D eigenvalue weighted by Crippen LogP contribution is 2.36. The number of hydrogen-bond donors (Lipinski definition) is 1. The van der Waals surface area contributed by atoms with E-state index in [2.05, 4.69) is 15.7 Å². The van der Waals surface area contributed by atoms with E-state index in [1.54, 1.807) is 42.5 Å². The molecule has 5 nitrogen and oxygen atoms in total. The zero-order valence-corrected chi connectivity index (χ0v) is 17.7. The van der Waals surface area contributed by atoms with Crippen molar-refractivity contribution in [3.8, 4) is 6.07 Å². The first kappa shape index (κ1) is 20.4. The maximum Gasteiger partial charge on any atom is 0.240 e. The van der Waals surface area contributed by atoms with E-state index in [1.165, 1.54) is 0 Å². The van der Waals surface area contributed by atoms with Gasteiger partial charge in [-0.05, 0) is 41.8 Å². The minimum atomic E-state index is -3.66. The van der Waals surface area contributed by atoms with Crippen molar-refractivity contribution < 1.29 is 8.42 Å². The van der Waals surface area contributed by atoms with E-state index >= 15 is 0 Å². The lowest BCUT2D eigenvalue weighted by Gasteiger charge is -2.37. The van der Waals surface area contributed by atoms with Gasteiger partial charge in [0.05, 0.1) is 27.2 Å². The van der Waals surface area contributed by atoms with Gasteiger partial charge in [0.15, 0.2) is 0 Å². The average Bonchev–Trinajstić information content (AvgIpc) is 2.74. The Morgan fingerprint density at radius 1 is 1.07 bits per heavy atom. The number of nitrogens with one attached hydrogen (secondary N) is 1. The first-order valence-corrected chi connectivity index (χ1v) is 11.4. The molecule has 0 radical (unpaired) electrons. The van der Waals surface area contributed by atoms with Crippen LogP contribution >= 0.6 is 11.6 Å². The topological polar surface area (TPSA) is 73.2 Å². The molecule has 1 N–H and O–H groups in total. The fourth-order valence-corrected chi connectivity index (χ4v) is 5.44. The van der Waals surface area contributed by atoms with Crippen molar-refractivity contribution in [3.05, 3.63) is 94.5 Å². The molecule has 30 heavy (non-hydrogen) atoms. The average molecular weight is 438 g/mol. The summed E-state index contributed by atoms with van der Waals surface area (Å²) in [5.74, 6) is 0. The number of rotatable bonds is 5. The maximum absolute atomic E-state index is 12.9.